The van der Waals surface area contributed by atoms with Crippen LogP contribution in [0.1, 0.15) is 40.6 Å². The first-order valence-electron chi connectivity index (χ1n) is 8.24. The van der Waals surface area contributed by atoms with E-state index < -0.39 is 0 Å². The molecule has 0 aliphatic carbocycles. The normalized spacial score (nSPS) is 18.2. The Labute approximate surface area is 139 Å². The summed E-state index contributed by atoms with van der Waals surface area (Å²) in [6.07, 6.45) is 2.04. The summed E-state index contributed by atoms with van der Waals surface area (Å²) < 4.78 is 2.07. The maximum atomic E-state index is 12.9. The fraction of sp³-hybridized carbons (Fsp3) is 0.412. The summed E-state index contributed by atoms with van der Waals surface area (Å²) in [6.45, 7) is 5.55. The quantitative estimate of drug-likeness (QED) is 0.784. The van der Waals surface area contributed by atoms with Gasteiger partial charge in [0, 0.05) is 24.3 Å². The summed E-state index contributed by atoms with van der Waals surface area (Å²) in [7, 11) is 0. The number of aromatic nitrogens is 5. The number of amides is 1. The van der Waals surface area contributed by atoms with Gasteiger partial charge in [0.25, 0.3) is 5.91 Å². The van der Waals surface area contributed by atoms with Gasteiger partial charge in [-0.05, 0) is 51.0 Å². The highest BCUT2D eigenvalue weighted by molar-refractivity contribution is 5.97. The standard InChI is InChI=1S/C17H20N6O/c1-11-8-12(2)23(20-11)14-4-3-7-22(10-14)17(24)13-5-6-15-16(9-13)19-21-18-15/h5-6,8-9,14H,3-4,7,10H2,1-2H3,(H,18,19,21). The van der Waals surface area contributed by atoms with Gasteiger partial charge in [0.05, 0.1) is 11.7 Å². The van der Waals surface area contributed by atoms with Crippen LogP contribution in [0.25, 0.3) is 11.0 Å². The van der Waals surface area contributed by atoms with Gasteiger partial charge < -0.3 is 4.90 Å². The Bertz CT molecular complexity index is 896. The molecule has 1 aliphatic heterocycles. The third-order valence-electron chi connectivity index (χ3n) is 4.64. The van der Waals surface area contributed by atoms with Crippen LogP contribution in [0.3, 0.4) is 0 Å². The number of nitrogens with zero attached hydrogens (tertiary/aromatic N) is 5. The summed E-state index contributed by atoms with van der Waals surface area (Å²) in [6, 6.07) is 7.77. The van der Waals surface area contributed by atoms with Crippen LogP contribution in [0.2, 0.25) is 0 Å². The molecule has 0 radical (unpaired) electrons. The van der Waals surface area contributed by atoms with E-state index in [1.54, 1.807) is 6.07 Å². The summed E-state index contributed by atoms with van der Waals surface area (Å²) in [4.78, 5) is 14.8. The van der Waals surface area contributed by atoms with Crippen molar-refractivity contribution >= 4 is 16.9 Å². The van der Waals surface area contributed by atoms with Gasteiger partial charge >= 0.3 is 0 Å². The second-order valence-electron chi connectivity index (χ2n) is 6.45. The number of carbonyl (C=O) groups excluding carboxylic acids is 1. The van der Waals surface area contributed by atoms with Crippen molar-refractivity contribution < 1.29 is 4.79 Å². The lowest BCUT2D eigenvalue weighted by molar-refractivity contribution is 0.0671. The van der Waals surface area contributed by atoms with Gasteiger partial charge in [0.2, 0.25) is 0 Å². The fourth-order valence-corrected chi connectivity index (χ4v) is 3.51. The summed E-state index contributed by atoms with van der Waals surface area (Å²) in [5, 5.41) is 15.3. The van der Waals surface area contributed by atoms with Gasteiger partial charge in [-0.15, -0.1) is 0 Å². The average molecular weight is 324 g/mol. The molecule has 4 rings (SSSR count). The van der Waals surface area contributed by atoms with E-state index in [1.165, 1.54) is 0 Å². The maximum Gasteiger partial charge on any atom is 0.254 e. The van der Waals surface area contributed by atoms with E-state index in [4.69, 9.17) is 0 Å². The number of carbonyl (C=O) groups is 1. The van der Waals surface area contributed by atoms with Crippen LogP contribution in [-0.2, 0) is 0 Å². The smallest absolute Gasteiger partial charge is 0.254 e. The molecule has 24 heavy (non-hydrogen) atoms. The van der Waals surface area contributed by atoms with Crippen LogP contribution < -0.4 is 0 Å². The van der Waals surface area contributed by atoms with E-state index >= 15 is 0 Å². The van der Waals surface area contributed by atoms with Crippen LogP contribution in [0, 0.1) is 13.8 Å². The van der Waals surface area contributed by atoms with Crippen LogP contribution in [0.4, 0.5) is 0 Å². The highest BCUT2D eigenvalue weighted by Gasteiger charge is 2.27. The largest absolute Gasteiger partial charge is 0.337 e. The molecule has 124 valence electrons. The van der Waals surface area contributed by atoms with E-state index in [9.17, 15) is 4.79 Å². The zero-order valence-electron chi connectivity index (χ0n) is 13.9. The van der Waals surface area contributed by atoms with Gasteiger partial charge in [-0.2, -0.15) is 20.5 Å². The van der Waals surface area contributed by atoms with Crippen molar-refractivity contribution in [3.8, 4) is 0 Å². The van der Waals surface area contributed by atoms with E-state index in [0.29, 0.717) is 17.6 Å². The Balaban J connectivity index is 1.56. The molecule has 1 aliphatic rings. The molecule has 1 fully saturated rings. The monoisotopic (exact) mass is 324 g/mol. The second-order valence-corrected chi connectivity index (χ2v) is 6.45. The number of piperidine rings is 1. The number of likely N-dealkylation sites (tertiary alicyclic amines) is 1. The van der Waals surface area contributed by atoms with Crippen molar-refractivity contribution in [1.29, 1.82) is 0 Å². The lowest BCUT2D eigenvalue weighted by atomic mass is 10.0. The van der Waals surface area contributed by atoms with Crippen molar-refractivity contribution in [2.75, 3.05) is 13.1 Å². The number of aryl methyl sites for hydroxylation is 2. The maximum absolute atomic E-state index is 12.9. The van der Waals surface area contributed by atoms with Gasteiger partial charge in [0.1, 0.15) is 11.0 Å². The number of fused-ring (bicyclic) bond motifs is 1. The molecule has 1 unspecified atom stereocenters. The number of hydrogen-bond acceptors (Lipinski definition) is 4. The third-order valence-corrected chi connectivity index (χ3v) is 4.64. The topological polar surface area (TPSA) is 79.7 Å². The minimum atomic E-state index is 0.0473. The van der Waals surface area contributed by atoms with Crippen LogP contribution in [0.15, 0.2) is 24.3 Å². The number of benzene rings is 1. The average Bonchev–Trinajstić information content (AvgIpc) is 3.19. The lowest BCUT2D eigenvalue weighted by Crippen LogP contribution is -2.41. The van der Waals surface area contributed by atoms with Crippen molar-refractivity contribution in [1.82, 2.24) is 30.1 Å². The number of H-pyrrole nitrogens is 1. The van der Waals surface area contributed by atoms with Crippen LogP contribution in [-0.4, -0.2) is 49.1 Å². The zero-order chi connectivity index (χ0) is 16.7. The Morgan fingerprint density at radius 1 is 1.21 bits per heavy atom. The molecular weight excluding hydrogens is 304 g/mol. The Morgan fingerprint density at radius 3 is 2.83 bits per heavy atom. The first-order valence-corrected chi connectivity index (χ1v) is 8.24. The molecule has 0 saturated carbocycles. The molecule has 3 heterocycles. The molecule has 3 aromatic rings. The number of aromatic amines is 1. The highest BCUT2D eigenvalue weighted by Crippen LogP contribution is 2.24. The minimum absolute atomic E-state index is 0.0473. The predicted octanol–water partition coefficient (Wildman–Crippen LogP) is 2.25. The van der Waals surface area contributed by atoms with Crippen molar-refractivity contribution in [2.24, 2.45) is 0 Å². The van der Waals surface area contributed by atoms with Gasteiger partial charge in [-0.25, -0.2) is 0 Å². The Kier molecular flexibility index (Phi) is 3.55. The second kappa shape index (κ2) is 5.74. The van der Waals surface area contributed by atoms with Crippen molar-refractivity contribution in [3.05, 3.63) is 41.2 Å². The molecule has 1 aromatic carbocycles. The minimum Gasteiger partial charge on any atom is -0.337 e. The lowest BCUT2D eigenvalue weighted by Gasteiger charge is -2.33. The van der Waals surface area contributed by atoms with Crippen molar-refractivity contribution in [2.45, 2.75) is 32.7 Å². The molecule has 1 saturated heterocycles. The van der Waals surface area contributed by atoms with Crippen LogP contribution >= 0.6 is 0 Å². The van der Waals surface area contributed by atoms with Crippen LogP contribution in [0.5, 0.6) is 0 Å². The molecule has 1 atom stereocenters. The number of rotatable bonds is 2. The third kappa shape index (κ3) is 2.55. The molecule has 0 bridgehead atoms. The number of nitrogens with one attached hydrogen (secondary N) is 1. The molecule has 1 amide bonds. The van der Waals surface area contributed by atoms with Gasteiger partial charge in [-0.3, -0.25) is 9.48 Å². The van der Waals surface area contributed by atoms with E-state index in [0.717, 1.165) is 36.3 Å². The fourth-order valence-electron chi connectivity index (χ4n) is 3.51. The van der Waals surface area contributed by atoms with Gasteiger partial charge in [-0.1, -0.05) is 0 Å². The molecule has 0 spiro atoms. The molecule has 1 N–H and O–H groups in total. The summed E-state index contributed by atoms with van der Waals surface area (Å²) >= 11 is 0. The Morgan fingerprint density at radius 2 is 2.04 bits per heavy atom. The summed E-state index contributed by atoms with van der Waals surface area (Å²) in [5.74, 6) is 0.0473. The molecule has 7 heteroatoms. The molecule has 7 nitrogen and oxygen atoms in total. The van der Waals surface area contributed by atoms with Gasteiger partial charge in [0.15, 0.2) is 0 Å². The summed E-state index contributed by atoms with van der Waals surface area (Å²) in [5.41, 5.74) is 4.31. The van der Waals surface area contributed by atoms with E-state index in [2.05, 4.69) is 38.2 Å². The first kappa shape index (κ1) is 14.9. The Hall–Kier alpha value is -2.70. The van der Waals surface area contributed by atoms with Crippen molar-refractivity contribution in [3.63, 3.8) is 0 Å². The SMILES string of the molecule is Cc1cc(C)n(C2CCCN(C(=O)c3ccc4n[nH]nc4c3)C2)n1. The van der Waals surface area contributed by atoms with E-state index in [-0.39, 0.29) is 11.9 Å². The zero-order valence-corrected chi connectivity index (χ0v) is 13.9. The first-order chi connectivity index (χ1) is 11.6. The highest BCUT2D eigenvalue weighted by atomic mass is 16.2. The predicted molar refractivity (Wildman–Crippen MR) is 89.8 cm³/mol. The van der Waals surface area contributed by atoms with E-state index in [1.807, 2.05) is 24.0 Å². The number of hydrogen-bond donors (Lipinski definition) is 1. The molecular formula is C17H20N6O. The molecule has 2 aromatic heterocycles.